The zero-order valence-electron chi connectivity index (χ0n) is 18.6. The SMILES string of the molecule is CCCCOCCOCCNC(=NC)NCc1ccc(C(=O)N2CCCCC2)cc1. The molecule has 1 aliphatic rings. The Morgan fingerprint density at radius 3 is 2.37 bits per heavy atom. The van der Waals surface area contributed by atoms with E-state index in [2.05, 4.69) is 22.5 Å². The molecule has 1 fully saturated rings. The number of nitrogens with zero attached hydrogens (tertiary/aromatic N) is 2. The van der Waals surface area contributed by atoms with Crippen LogP contribution in [-0.4, -0.2) is 69.9 Å². The van der Waals surface area contributed by atoms with E-state index in [0.29, 0.717) is 32.9 Å². The van der Waals surface area contributed by atoms with Crippen LogP contribution in [0.15, 0.2) is 29.3 Å². The topological polar surface area (TPSA) is 75.2 Å². The maximum absolute atomic E-state index is 12.5. The molecule has 0 bridgehead atoms. The molecule has 0 aliphatic carbocycles. The minimum absolute atomic E-state index is 0.141. The van der Waals surface area contributed by atoms with Gasteiger partial charge in [-0.3, -0.25) is 9.79 Å². The van der Waals surface area contributed by atoms with Crippen LogP contribution in [0.3, 0.4) is 0 Å². The number of hydrogen-bond donors (Lipinski definition) is 2. The molecule has 2 rings (SSSR count). The van der Waals surface area contributed by atoms with Crippen molar-refractivity contribution in [2.24, 2.45) is 4.99 Å². The van der Waals surface area contributed by atoms with E-state index in [-0.39, 0.29) is 5.91 Å². The van der Waals surface area contributed by atoms with E-state index in [1.807, 2.05) is 29.2 Å². The van der Waals surface area contributed by atoms with Crippen LogP contribution in [0.4, 0.5) is 0 Å². The molecule has 0 radical (unpaired) electrons. The molecule has 2 N–H and O–H groups in total. The number of carbonyl (C=O) groups is 1. The first-order valence-electron chi connectivity index (χ1n) is 11.2. The van der Waals surface area contributed by atoms with E-state index in [0.717, 1.165) is 62.5 Å². The van der Waals surface area contributed by atoms with Gasteiger partial charge in [-0.25, -0.2) is 0 Å². The second-order valence-corrected chi connectivity index (χ2v) is 7.48. The van der Waals surface area contributed by atoms with Crippen LogP contribution in [0.5, 0.6) is 0 Å². The molecule has 1 aromatic carbocycles. The lowest BCUT2D eigenvalue weighted by molar-refractivity contribution is 0.0487. The number of benzene rings is 1. The number of guanidine groups is 1. The molecule has 0 unspecified atom stereocenters. The van der Waals surface area contributed by atoms with Gasteiger partial charge in [0.25, 0.3) is 5.91 Å². The highest BCUT2D eigenvalue weighted by atomic mass is 16.5. The Labute approximate surface area is 181 Å². The summed E-state index contributed by atoms with van der Waals surface area (Å²) in [5.74, 6) is 0.869. The zero-order chi connectivity index (χ0) is 21.4. The highest BCUT2D eigenvalue weighted by Crippen LogP contribution is 2.13. The van der Waals surface area contributed by atoms with Crippen molar-refractivity contribution in [3.8, 4) is 0 Å². The first-order valence-corrected chi connectivity index (χ1v) is 11.2. The molecule has 30 heavy (non-hydrogen) atoms. The molecule has 1 heterocycles. The van der Waals surface area contributed by atoms with Gasteiger partial charge < -0.3 is 25.0 Å². The monoisotopic (exact) mass is 418 g/mol. The predicted octanol–water partition coefficient (Wildman–Crippen LogP) is 2.81. The molecule has 7 heteroatoms. The maximum atomic E-state index is 12.5. The van der Waals surface area contributed by atoms with Crippen molar-refractivity contribution in [2.75, 3.05) is 53.1 Å². The Morgan fingerprint density at radius 2 is 1.70 bits per heavy atom. The summed E-state index contributed by atoms with van der Waals surface area (Å²) in [6, 6.07) is 7.83. The standard InChI is InChI=1S/C23H38N4O3/c1-3-4-15-29-17-18-30-16-12-25-23(24-2)26-19-20-8-10-21(11-9-20)22(28)27-13-6-5-7-14-27/h8-11H,3-7,12-19H2,1-2H3,(H2,24,25,26). The van der Waals surface area contributed by atoms with Crippen molar-refractivity contribution in [1.29, 1.82) is 0 Å². The Bertz CT molecular complexity index is 628. The predicted molar refractivity (Wildman–Crippen MR) is 121 cm³/mol. The number of piperidine rings is 1. The highest BCUT2D eigenvalue weighted by molar-refractivity contribution is 5.94. The molecular weight excluding hydrogens is 380 g/mol. The summed E-state index contributed by atoms with van der Waals surface area (Å²) in [6.07, 6.45) is 5.69. The second-order valence-electron chi connectivity index (χ2n) is 7.48. The van der Waals surface area contributed by atoms with Gasteiger partial charge in [-0.15, -0.1) is 0 Å². The van der Waals surface area contributed by atoms with E-state index >= 15 is 0 Å². The van der Waals surface area contributed by atoms with Gasteiger partial charge in [0, 0.05) is 45.4 Å². The number of ether oxygens (including phenoxy) is 2. The zero-order valence-corrected chi connectivity index (χ0v) is 18.6. The lowest BCUT2D eigenvalue weighted by Crippen LogP contribution is -2.38. The van der Waals surface area contributed by atoms with Crippen LogP contribution in [0, 0.1) is 0 Å². The van der Waals surface area contributed by atoms with Gasteiger partial charge >= 0.3 is 0 Å². The minimum atomic E-state index is 0.141. The highest BCUT2D eigenvalue weighted by Gasteiger charge is 2.17. The van der Waals surface area contributed by atoms with E-state index in [1.54, 1.807) is 7.05 Å². The summed E-state index contributed by atoms with van der Waals surface area (Å²) in [4.78, 5) is 18.7. The summed E-state index contributed by atoms with van der Waals surface area (Å²) < 4.78 is 11.0. The first-order chi connectivity index (χ1) is 14.7. The van der Waals surface area contributed by atoms with Crippen LogP contribution in [-0.2, 0) is 16.0 Å². The van der Waals surface area contributed by atoms with Crippen LogP contribution >= 0.6 is 0 Å². The molecule has 1 aliphatic heterocycles. The molecule has 168 valence electrons. The number of hydrogen-bond acceptors (Lipinski definition) is 4. The largest absolute Gasteiger partial charge is 0.379 e. The number of likely N-dealkylation sites (tertiary alicyclic amines) is 1. The number of carbonyl (C=O) groups excluding carboxylic acids is 1. The first kappa shape index (κ1) is 24.2. The number of aliphatic imine (C=N–C) groups is 1. The van der Waals surface area contributed by atoms with Crippen molar-refractivity contribution in [3.05, 3.63) is 35.4 Å². The Hall–Kier alpha value is -2.12. The molecular formula is C23H38N4O3. The fraction of sp³-hybridized carbons (Fsp3) is 0.652. The normalized spacial score (nSPS) is 14.6. The number of amides is 1. The van der Waals surface area contributed by atoms with Gasteiger partial charge in [-0.2, -0.15) is 0 Å². The maximum Gasteiger partial charge on any atom is 0.253 e. The molecule has 1 aromatic rings. The summed E-state index contributed by atoms with van der Waals surface area (Å²) in [5.41, 5.74) is 1.87. The van der Waals surface area contributed by atoms with Crippen LogP contribution < -0.4 is 10.6 Å². The fourth-order valence-corrected chi connectivity index (χ4v) is 3.26. The average Bonchev–Trinajstić information content (AvgIpc) is 2.80. The third-order valence-corrected chi connectivity index (χ3v) is 5.08. The van der Waals surface area contributed by atoms with Gasteiger partial charge in [0.15, 0.2) is 5.96 Å². The molecule has 0 atom stereocenters. The van der Waals surface area contributed by atoms with Gasteiger partial charge in [-0.05, 0) is 43.4 Å². The molecule has 7 nitrogen and oxygen atoms in total. The van der Waals surface area contributed by atoms with Crippen LogP contribution in [0.1, 0.15) is 54.9 Å². The van der Waals surface area contributed by atoms with Crippen molar-refractivity contribution >= 4 is 11.9 Å². The van der Waals surface area contributed by atoms with Crippen molar-refractivity contribution in [3.63, 3.8) is 0 Å². The number of rotatable bonds is 12. The third-order valence-electron chi connectivity index (χ3n) is 5.08. The lowest BCUT2D eigenvalue weighted by atomic mass is 10.1. The summed E-state index contributed by atoms with van der Waals surface area (Å²) in [6.45, 7) is 7.89. The Kier molecular flexibility index (Phi) is 11.9. The van der Waals surface area contributed by atoms with E-state index in [9.17, 15) is 4.79 Å². The molecule has 0 saturated carbocycles. The number of nitrogens with one attached hydrogen (secondary N) is 2. The molecule has 1 saturated heterocycles. The number of unbranched alkanes of at least 4 members (excludes halogenated alkanes) is 1. The quantitative estimate of drug-likeness (QED) is 0.310. The summed E-state index contributed by atoms with van der Waals surface area (Å²) in [5, 5.41) is 6.52. The van der Waals surface area contributed by atoms with Gasteiger partial charge in [-0.1, -0.05) is 25.5 Å². The Morgan fingerprint density at radius 1 is 1.00 bits per heavy atom. The summed E-state index contributed by atoms with van der Waals surface area (Å²) in [7, 11) is 1.75. The van der Waals surface area contributed by atoms with Crippen molar-refractivity contribution in [1.82, 2.24) is 15.5 Å². The van der Waals surface area contributed by atoms with Crippen molar-refractivity contribution < 1.29 is 14.3 Å². The molecule has 1 amide bonds. The fourth-order valence-electron chi connectivity index (χ4n) is 3.26. The Balaban J connectivity index is 1.62. The second kappa shape index (κ2) is 14.8. The van der Waals surface area contributed by atoms with Gasteiger partial charge in [0.1, 0.15) is 0 Å². The minimum Gasteiger partial charge on any atom is -0.379 e. The van der Waals surface area contributed by atoms with E-state index in [1.165, 1.54) is 6.42 Å². The van der Waals surface area contributed by atoms with E-state index < -0.39 is 0 Å². The van der Waals surface area contributed by atoms with Crippen molar-refractivity contribution in [2.45, 2.75) is 45.6 Å². The lowest BCUT2D eigenvalue weighted by Gasteiger charge is -2.26. The smallest absolute Gasteiger partial charge is 0.253 e. The average molecular weight is 419 g/mol. The van der Waals surface area contributed by atoms with Crippen LogP contribution in [0.2, 0.25) is 0 Å². The van der Waals surface area contributed by atoms with Gasteiger partial charge in [0.05, 0.1) is 19.8 Å². The van der Waals surface area contributed by atoms with E-state index in [4.69, 9.17) is 9.47 Å². The molecule has 0 spiro atoms. The summed E-state index contributed by atoms with van der Waals surface area (Å²) >= 11 is 0. The molecule has 0 aromatic heterocycles. The van der Waals surface area contributed by atoms with Crippen LogP contribution in [0.25, 0.3) is 0 Å². The van der Waals surface area contributed by atoms with Gasteiger partial charge in [0.2, 0.25) is 0 Å². The third kappa shape index (κ3) is 9.13.